The lowest BCUT2D eigenvalue weighted by atomic mass is 10.1. The number of carbonyl (C=O) groups excluding carboxylic acids is 1. The molecule has 0 bridgehead atoms. The molecule has 0 aromatic heterocycles. The van der Waals surface area contributed by atoms with Crippen molar-refractivity contribution in [1.29, 1.82) is 0 Å². The average molecular weight is 424 g/mol. The Balaban J connectivity index is 0.00000192. The van der Waals surface area contributed by atoms with Gasteiger partial charge in [0.25, 0.3) is 5.91 Å². The number of rotatable bonds is 14. The molecule has 6 nitrogen and oxygen atoms in total. The van der Waals surface area contributed by atoms with Gasteiger partial charge in [-0.1, -0.05) is 51.9 Å². The summed E-state index contributed by atoms with van der Waals surface area (Å²) >= 11 is 0. The van der Waals surface area contributed by atoms with E-state index in [0.717, 1.165) is 12.2 Å². The molecule has 0 spiro atoms. The third-order valence-corrected chi connectivity index (χ3v) is 4.24. The highest BCUT2D eigenvalue weighted by Crippen LogP contribution is 2.14. The minimum Gasteiger partial charge on any atom is -0.494 e. The number of benzene rings is 1. The molecule has 0 saturated carbocycles. The second-order valence-corrected chi connectivity index (χ2v) is 8.32. The number of ether oxygens (including phenoxy) is 1. The summed E-state index contributed by atoms with van der Waals surface area (Å²) in [7, 11) is 6.25. The molecule has 30 heavy (non-hydrogen) atoms. The van der Waals surface area contributed by atoms with Crippen molar-refractivity contribution in [3.63, 3.8) is 0 Å². The van der Waals surface area contributed by atoms with Crippen LogP contribution in [-0.4, -0.2) is 50.8 Å². The van der Waals surface area contributed by atoms with Crippen LogP contribution in [0.4, 0.5) is 0 Å². The Hall–Kier alpha value is -2.08. The summed E-state index contributed by atoms with van der Waals surface area (Å²) in [4.78, 5) is 24.1. The Morgan fingerprint density at radius 2 is 1.47 bits per heavy atom. The summed E-state index contributed by atoms with van der Waals surface area (Å²) in [6, 6.07) is 6.55. The number of aliphatic carboxylic acids is 1. The molecule has 0 saturated heterocycles. The summed E-state index contributed by atoms with van der Waals surface area (Å²) in [5.74, 6) is -0.445. The van der Waals surface area contributed by atoms with Gasteiger partial charge in [-0.3, -0.25) is 9.59 Å². The van der Waals surface area contributed by atoms with Crippen molar-refractivity contribution in [2.24, 2.45) is 0 Å². The van der Waals surface area contributed by atoms with E-state index in [9.17, 15) is 9.59 Å². The van der Waals surface area contributed by atoms with Gasteiger partial charge in [0.15, 0.2) is 0 Å². The predicted octanol–water partition coefficient (Wildman–Crippen LogP) is 3.56. The smallest absolute Gasteiger partial charge is 0.305 e. The number of nitrogens with one attached hydrogen (secondary N) is 2. The van der Waals surface area contributed by atoms with E-state index in [1.54, 1.807) is 31.2 Å². The van der Waals surface area contributed by atoms with E-state index in [4.69, 9.17) is 9.84 Å². The number of carboxylic acids is 1. The minimum atomic E-state index is -0.928. The third-order valence-electron chi connectivity index (χ3n) is 4.24. The van der Waals surface area contributed by atoms with Crippen molar-refractivity contribution in [3.05, 3.63) is 29.8 Å². The van der Waals surface area contributed by atoms with Crippen LogP contribution in [0.15, 0.2) is 24.3 Å². The summed E-state index contributed by atoms with van der Waals surface area (Å²) in [5, 5.41) is 11.4. The largest absolute Gasteiger partial charge is 0.494 e. The fourth-order valence-electron chi connectivity index (χ4n) is 2.75. The van der Waals surface area contributed by atoms with E-state index in [1.807, 2.05) is 0 Å². The molecule has 6 heteroatoms. The molecule has 0 aliphatic rings. The molecular formula is C24H43N2O4+. The van der Waals surface area contributed by atoms with Crippen molar-refractivity contribution < 1.29 is 24.3 Å². The summed E-state index contributed by atoms with van der Waals surface area (Å²) in [6.45, 7) is 4.60. The summed E-state index contributed by atoms with van der Waals surface area (Å²) in [5.41, 5.74) is 0.502. The molecule has 0 aliphatic heterocycles. The van der Waals surface area contributed by atoms with Crippen LogP contribution in [0.1, 0.15) is 82.0 Å². The van der Waals surface area contributed by atoms with Crippen LogP contribution >= 0.6 is 0 Å². The Kier molecular flexibility index (Phi) is 16.5. The Bertz CT molecular complexity index is 570. The minimum absolute atomic E-state index is 0.0917. The Morgan fingerprint density at radius 1 is 0.967 bits per heavy atom. The van der Waals surface area contributed by atoms with Gasteiger partial charge in [0.05, 0.1) is 34.2 Å². The van der Waals surface area contributed by atoms with Crippen LogP contribution in [0.5, 0.6) is 5.75 Å². The molecule has 0 radical (unpaired) electrons. The molecule has 0 heterocycles. The SMILES string of the molecule is CCCCCCCCCCOc1ccc(C(=O)NC(C)CC(=O)O)cc1.C[NH+](C)C. The first kappa shape index (κ1) is 27.9. The zero-order valence-electron chi connectivity index (χ0n) is 19.6. The van der Waals surface area contributed by atoms with Crippen molar-refractivity contribution in [1.82, 2.24) is 5.32 Å². The lowest BCUT2D eigenvalue weighted by molar-refractivity contribution is -0.836. The highest BCUT2D eigenvalue weighted by Gasteiger charge is 2.12. The van der Waals surface area contributed by atoms with Crippen molar-refractivity contribution in [2.75, 3.05) is 27.7 Å². The van der Waals surface area contributed by atoms with Crippen molar-refractivity contribution in [2.45, 2.75) is 77.7 Å². The summed E-state index contributed by atoms with van der Waals surface area (Å²) in [6.07, 6.45) is 10.0. The predicted molar refractivity (Wildman–Crippen MR) is 122 cm³/mol. The standard InChI is InChI=1S/C21H33NO4.C3H9N/c1-3-4-5-6-7-8-9-10-15-26-19-13-11-18(12-14-19)21(25)22-17(2)16-20(23)24;1-4(2)3/h11-14,17H,3-10,15-16H2,1-2H3,(H,22,25)(H,23,24);1-3H3/p+1. The number of carbonyl (C=O) groups is 2. The maximum absolute atomic E-state index is 12.0. The van der Waals surface area contributed by atoms with E-state index in [-0.39, 0.29) is 12.3 Å². The van der Waals surface area contributed by atoms with Gasteiger partial charge in [0, 0.05) is 11.6 Å². The second-order valence-electron chi connectivity index (χ2n) is 8.32. The molecular weight excluding hydrogens is 380 g/mol. The van der Waals surface area contributed by atoms with Gasteiger partial charge in [0.1, 0.15) is 5.75 Å². The Labute approximate surface area is 183 Å². The number of hydrogen-bond acceptors (Lipinski definition) is 3. The molecule has 1 amide bonds. The van der Waals surface area contributed by atoms with Crippen molar-refractivity contribution >= 4 is 11.9 Å². The first-order chi connectivity index (χ1) is 14.3. The Morgan fingerprint density at radius 3 is 1.97 bits per heavy atom. The maximum Gasteiger partial charge on any atom is 0.305 e. The van der Waals surface area contributed by atoms with Crippen molar-refractivity contribution in [3.8, 4) is 5.75 Å². The van der Waals surface area contributed by atoms with E-state index >= 15 is 0 Å². The second kappa shape index (κ2) is 17.8. The highest BCUT2D eigenvalue weighted by atomic mass is 16.5. The first-order valence-electron chi connectivity index (χ1n) is 11.3. The highest BCUT2D eigenvalue weighted by molar-refractivity contribution is 5.94. The number of carboxylic acid groups (broad SMARTS) is 1. The monoisotopic (exact) mass is 423 g/mol. The fourth-order valence-corrected chi connectivity index (χ4v) is 2.75. The maximum atomic E-state index is 12.0. The zero-order chi connectivity index (χ0) is 22.8. The summed E-state index contributed by atoms with van der Waals surface area (Å²) < 4.78 is 5.71. The van der Waals surface area contributed by atoms with E-state index in [0.29, 0.717) is 12.2 Å². The van der Waals surface area contributed by atoms with Gasteiger partial charge < -0.3 is 20.1 Å². The quantitative estimate of drug-likeness (QED) is 0.400. The zero-order valence-corrected chi connectivity index (χ0v) is 19.6. The van der Waals surface area contributed by atoms with Gasteiger partial charge in [0.2, 0.25) is 0 Å². The number of unbranched alkanes of at least 4 members (excludes halogenated alkanes) is 7. The van der Waals surface area contributed by atoms with Crippen LogP contribution in [0.25, 0.3) is 0 Å². The fraction of sp³-hybridized carbons (Fsp3) is 0.667. The lowest BCUT2D eigenvalue weighted by Gasteiger charge is -2.12. The van der Waals surface area contributed by atoms with Crippen LogP contribution in [-0.2, 0) is 4.79 Å². The first-order valence-corrected chi connectivity index (χ1v) is 11.3. The van der Waals surface area contributed by atoms with Crippen LogP contribution < -0.4 is 15.0 Å². The normalized spacial score (nSPS) is 11.4. The number of quaternary nitrogens is 1. The van der Waals surface area contributed by atoms with E-state index in [1.165, 1.54) is 49.8 Å². The number of amides is 1. The molecule has 1 aromatic carbocycles. The molecule has 3 N–H and O–H groups in total. The third kappa shape index (κ3) is 16.8. The molecule has 1 aromatic rings. The van der Waals surface area contributed by atoms with E-state index in [2.05, 4.69) is 33.4 Å². The van der Waals surface area contributed by atoms with Gasteiger partial charge in [-0.15, -0.1) is 0 Å². The molecule has 172 valence electrons. The molecule has 0 fully saturated rings. The van der Waals surface area contributed by atoms with E-state index < -0.39 is 12.0 Å². The number of hydrogen-bond donors (Lipinski definition) is 3. The topological polar surface area (TPSA) is 80.1 Å². The lowest BCUT2D eigenvalue weighted by Crippen LogP contribution is -3.02. The molecule has 1 rings (SSSR count). The average Bonchev–Trinajstić information content (AvgIpc) is 2.66. The van der Waals surface area contributed by atoms with Gasteiger partial charge in [-0.05, 0) is 37.6 Å². The molecule has 0 aliphatic carbocycles. The van der Waals surface area contributed by atoms with Gasteiger partial charge in [-0.25, -0.2) is 0 Å². The molecule has 1 unspecified atom stereocenters. The molecule has 1 atom stereocenters. The van der Waals surface area contributed by atoms with Crippen LogP contribution in [0, 0.1) is 0 Å². The van der Waals surface area contributed by atoms with Gasteiger partial charge in [-0.2, -0.15) is 0 Å². The van der Waals surface area contributed by atoms with Crippen LogP contribution in [0.3, 0.4) is 0 Å². The van der Waals surface area contributed by atoms with Crippen LogP contribution in [0.2, 0.25) is 0 Å². The van der Waals surface area contributed by atoms with Gasteiger partial charge >= 0.3 is 5.97 Å².